The van der Waals surface area contributed by atoms with E-state index in [1.54, 1.807) is 0 Å². The number of halogens is 3. The highest BCUT2D eigenvalue weighted by Crippen LogP contribution is 2.34. The third-order valence-corrected chi connectivity index (χ3v) is 3.51. The van der Waals surface area contributed by atoms with Crippen LogP contribution in [0.2, 0.25) is 0 Å². The van der Waals surface area contributed by atoms with Crippen LogP contribution in [-0.2, 0) is 10.9 Å². The van der Waals surface area contributed by atoms with Gasteiger partial charge in [-0.1, -0.05) is 0 Å². The molecule has 3 heterocycles. The van der Waals surface area contributed by atoms with Gasteiger partial charge in [0.1, 0.15) is 0 Å². The molecular formula is C12H13F3N2O. The van der Waals surface area contributed by atoms with Crippen LogP contribution in [0.15, 0.2) is 18.3 Å². The second-order valence-electron chi connectivity index (χ2n) is 4.73. The van der Waals surface area contributed by atoms with Crippen molar-refractivity contribution in [1.82, 2.24) is 10.3 Å². The molecule has 3 rings (SSSR count). The number of alkyl halides is 3. The number of morpholine rings is 1. The van der Waals surface area contributed by atoms with Crippen LogP contribution >= 0.6 is 0 Å². The van der Waals surface area contributed by atoms with Gasteiger partial charge in [-0.15, -0.1) is 0 Å². The molecule has 0 radical (unpaired) electrons. The Balaban J connectivity index is 1.80. The number of nitrogens with one attached hydrogen (secondary N) is 1. The maximum atomic E-state index is 12.4. The van der Waals surface area contributed by atoms with Crippen molar-refractivity contribution in [2.75, 3.05) is 6.54 Å². The maximum absolute atomic E-state index is 12.4. The Bertz CT molecular complexity index is 432. The molecule has 0 aliphatic carbocycles. The van der Waals surface area contributed by atoms with Gasteiger partial charge in [0.05, 0.1) is 29.5 Å². The average molecular weight is 258 g/mol. The van der Waals surface area contributed by atoms with Gasteiger partial charge in [0, 0.05) is 12.7 Å². The Morgan fingerprint density at radius 2 is 2.11 bits per heavy atom. The fourth-order valence-electron chi connectivity index (χ4n) is 2.57. The van der Waals surface area contributed by atoms with E-state index in [0.29, 0.717) is 5.69 Å². The fourth-order valence-corrected chi connectivity index (χ4v) is 2.57. The lowest BCUT2D eigenvalue weighted by Gasteiger charge is -2.30. The molecule has 2 fully saturated rings. The van der Waals surface area contributed by atoms with Crippen molar-refractivity contribution in [3.63, 3.8) is 0 Å². The zero-order chi connectivity index (χ0) is 12.8. The van der Waals surface area contributed by atoms with Gasteiger partial charge in [0.2, 0.25) is 0 Å². The lowest BCUT2D eigenvalue weighted by molar-refractivity contribution is -0.137. The van der Waals surface area contributed by atoms with Crippen LogP contribution < -0.4 is 5.32 Å². The molecule has 0 saturated carbocycles. The van der Waals surface area contributed by atoms with Crippen LogP contribution in [0.3, 0.4) is 0 Å². The van der Waals surface area contributed by atoms with Gasteiger partial charge < -0.3 is 10.1 Å². The number of hydrogen-bond acceptors (Lipinski definition) is 3. The van der Waals surface area contributed by atoms with Gasteiger partial charge in [0.25, 0.3) is 0 Å². The van der Waals surface area contributed by atoms with E-state index >= 15 is 0 Å². The summed E-state index contributed by atoms with van der Waals surface area (Å²) in [6.07, 6.45) is -1.22. The van der Waals surface area contributed by atoms with Crippen LogP contribution in [0.1, 0.15) is 30.1 Å². The van der Waals surface area contributed by atoms with Crippen LogP contribution in [0.5, 0.6) is 0 Å². The highest BCUT2D eigenvalue weighted by molar-refractivity contribution is 5.20. The Kier molecular flexibility index (Phi) is 2.79. The lowest BCUT2D eigenvalue weighted by atomic mass is 10.0. The number of hydrogen-bond donors (Lipinski definition) is 1. The van der Waals surface area contributed by atoms with E-state index in [2.05, 4.69) is 10.3 Å². The largest absolute Gasteiger partial charge is 0.417 e. The number of aromatic nitrogens is 1. The van der Waals surface area contributed by atoms with E-state index in [-0.39, 0.29) is 18.2 Å². The molecule has 2 bridgehead atoms. The number of rotatable bonds is 1. The van der Waals surface area contributed by atoms with Crippen LogP contribution in [0, 0.1) is 0 Å². The first-order chi connectivity index (χ1) is 8.54. The van der Waals surface area contributed by atoms with Crippen molar-refractivity contribution in [2.24, 2.45) is 0 Å². The van der Waals surface area contributed by atoms with E-state index in [9.17, 15) is 13.2 Å². The number of fused-ring (bicyclic) bond motifs is 2. The highest BCUT2D eigenvalue weighted by Gasteiger charge is 2.38. The quantitative estimate of drug-likeness (QED) is 0.839. The average Bonchev–Trinajstić information content (AvgIpc) is 2.71. The summed E-state index contributed by atoms with van der Waals surface area (Å²) in [4.78, 5) is 3.92. The van der Waals surface area contributed by atoms with E-state index in [4.69, 9.17) is 4.74 Å². The number of ether oxygens (including phenoxy) is 1. The number of nitrogens with zero attached hydrogens (tertiary/aromatic N) is 1. The zero-order valence-corrected chi connectivity index (χ0v) is 9.57. The molecule has 2 aliphatic rings. The molecule has 1 aromatic heterocycles. The Morgan fingerprint density at radius 3 is 2.78 bits per heavy atom. The fraction of sp³-hybridized carbons (Fsp3) is 0.583. The monoisotopic (exact) mass is 258 g/mol. The molecular weight excluding hydrogens is 245 g/mol. The van der Waals surface area contributed by atoms with E-state index in [1.165, 1.54) is 6.07 Å². The Morgan fingerprint density at radius 1 is 1.28 bits per heavy atom. The standard InChI is InChI=1S/C12H13F3N2O/c13-12(14,15)7-1-3-9(16-5-7)11-10-4-2-8(18-10)6-17-11/h1,3,5,8,10-11,17H,2,4,6H2. The van der Waals surface area contributed by atoms with Gasteiger partial charge in [-0.2, -0.15) is 13.2 Å². The number of pyridine rings is 1. The summed E-state index contributed by atoms with van der Waals surface area (Å²) >= 11 is 0. The predicted octanol–water partition coefficient (Wildman–Crippen LogP) is 2.29. The summed E-state index contributed by atoms with van der Waals surface area (Å²) in [7, 11) is 0. The molecule has 6 heteroatoms. The van der Waals surface area contributed by atoms with Crippen molar-refractivity contribution >= 4 is 0 Å². The van der Waals surface area contributed by atoms with Crippen LogP contribution in [0.25, 0.3) is 0 Å². The molecule has 2 saturated heterocycles. The van der Waals surface area contributed by atoms with Crippen molar-refractivity contribution < 1.29 is 17.9 Å². The summed E-state index contributed by atoms with van der Waals surface area (Å²) in [6, 6.07) is 2.42. The van der Waals surface area contributed by atoms with E-state index in [0.717, 1.165) is 31.6 Å². The summed E-state index contributed by atoms with van der Waals surface area (Å²) in [5, 5.41) is 3.29. The van der Waals surface area contributed by atoms with Gasteiger partial charge in [-0.05, 0) is 25.0 Å². The molecule has 1 aromatic rings. The first-order valence-electron chi connectivity index (χ1n) is 5.96. The van der Waals surface area contributed by atoms with Gasteiger partial charge in [0.15, 0.2) is 0 Å². The highest BCUT2D eigenvalue weighted by atomic mass is 19.4. The minimum Gasteiger partial charge on any atom is -0.372 e. The first kappa shape index (κ1) is 11.9. The Labute approximate surface area is 102 Å². The first-order valence-corrected chi connectivity index (χ1v) is 5.96. The Hall–Kier alpha value is -1.14. The molecule has 3 nitrogen and oxygen atoms in total. The molecule has 18 heavy (non-hydrogen) atoms. The van der Waals surface area contributed by atoms with Crippen molar-refractivity contribution in [2.45, 2.75) is 37.3 Å². The maximum Gasteiger partial charge on any atom is 0.417 e. The normalized spacial score (nSPS) is 31.6. The van der Waals surface area contributed by atoms with Crippen molar-refractivity contribution in [3.8, 4) is 0 Å². The SMILES string of the molecule is FC(F)(F)c1ccc(C2NCC3CCC2O3)nc1. The minimum atomic E-state index is -4.33. The summed E-state index contributed by atoms with van der Waals surface area (Å²) in [5.41, 5.74) is -0.0966. The van der Waals surface area contributed by atoms with Gasteiger partial charge >= 0.3 is 6.18 Å². The third-order valence-electron chi connectivity index (χ3n) is 3.51. The second kappa shape index (κ2) is 4.20. The smallest absolute Gasteiger partial charge is 0.372 e. The molecule has 3 unspecified atom stereocenters. The lowest BCUT2D eigenvalue weighted by Crippen LogP contribution is -2.42. The van der Waals surface area contributed by atoms with Crippen LogP contribution in [0.4, 0.5) is 13.2 Å². The molecule has 0 aromatic carbocycles. The van der Waals surface area contributed by atoms with E-state index in [1.807, 2.05) is 0 Å². The summed E-state index contributed by atoms with van der Waals surface area (Å²) < 4.78 is 43.0. The third kappa shape index (κ3) is 2.10. The molecule has 0 amide bonds. The summed E-state index contributed by atoms with van der Waals surface area (Å²) in [6.45, 7) is 0.740. The second-order valence-corrected chi connectivity index (χ2v) is 4.73. The van der Waals surface area contributed by atoms with Crippen molar-refractivity contribution in [1.29, 1.82) is 0 Å². The zero-order valence-electron chi connectivity index (χ0n) is 9.57. The molecule has 2 aliphatic heterocycles. The topological polar surface area (TPSA) is 34.1 Å². The molecule has 98 valence electrons. The van der Waals surface area contributed by atoms with Crippen molar-refractivity contribution in [3.05, 3.63) is 29.6 Å². The van der Waals surface area contributed by atoms with Gasteiger partial charge in [-0.25, -0.2) is 0 Å². The van der Waals surface area contributed by atoms with Crippen LogP contribution in [-0.4, -0.2) is 23.7 Å². The minimum absolute atomic E-state index is 0.0352. The molecule has 1 N–H and O–H groups in total. The predicted molar refractivity (Wildman–Crippen MR) is 57.9 cm³/mol. The van der Waals surface area contributed by atoms with Gasteiger partial charge in [-0.3, -0.25) is 4.98 Å². The summed E-state index contributed by atoms with van der Waals surface area (Å²) in [5.74, 6) is 0. The molecule has 0 spiro atoms. The van der Waals surface area contributed by atoms with E-state index < -0.39 is 11.7 Å². The molecule has 3 atom stereocenters.